The molecule has 0 aromatic rings. The summed E-state index contributed by atoms with van der Waals surface area (Å²) >= 11 is 6.19. The molecule has 0 rings (SSSR count). The highest BCUT2D eigenvalue weighted by molar-refractivity contribution is 8.00. The van der Waals surface area contributed by atoms with Gasteiger partial charge in [-0.05, 0) is 160 Å². The van der Waals surface area contributed by atoms with Gasteiger partial charge in [0.05, 0.1) is 38.3 Å². The second-order valence-electron chi connectivity index (χ2n) is 46.4. The maximum Gasteiger partial charge on any atom is 0.216 e. The van der Waals surface area contributed by atoms with Gasteiger partial charge in [0.25, 0.3) is 0 Å². The predicted octanol–water partition coefficient (Wildman–Crippen LogP) is 29.9. The lowest BCUT2D eigenvalue weighted by Gasteiger charge is -2.25. The van der Waals surface area contributed by atoms with Gasteiger partial charge >= 0.3 is 0 Å². The monoisotopic (exact) mass is 1660 g/mol. The largest absolute Gasteiger partial charge is 0.300 e. The summed E-state index contributed by atoms with van der Waals surface area (Å²) in [4.78, 5) is 11.5. The van der Waals surface area contributed by atoms with Crippen LogP contribution in [0.25, 0.3) is 0 Å². The van der Waals surface area contributed by atoms with Gasteiger partial charge in [-0.1, -0.05) is 350 Å². The standard InChI is InChI=1S/C12H24O.C11H24O2S.C11H24S.C10H22O2S.C10H22S.C9H21NO2S.C9H20O2S.C9H20S.8CH4/c1-11(2,3)8-7-10(13)9-12(4,5)6;1-10(2,3)7-8-14(12,13)9-11(4,5)6;1-10(2,3)7-8-12-9-11(4,5)6;1-9(2,3)7-13(11,12)8-10(4,5)6;1-9(2,3)7-11-8-10(4,5)6;1-8(2,3)7-10-13(11,12)9(4,5)6;1-8(2,3)7-12(10,11)9(4,5)6;1-8(2,3)7-10-9(4,5)6;;;;;;;;/h7-9H2,1-6H3;7-9H2,1-6H3;7-9H2,1-6H3;7-8H2,1-6H3;7-8H2,1-6H3;10H,7H2,1-6H3;7H2,1-6H3;7H2,1-6H3;8*1H4. The second kappa shape index (κ2) is 55.9. The van der Waals surface area contributed by atoms with Gasteiger partial charge < -0.3 is 0 Å². The molecular formula is C89H209NO9S7. The van der Waals surface area contributed by atoms with Crippen molar-refractivity contribution in [2.24, 2.45) is 70.4 Å². The van der Waals surface area contributed by atoms with Gasteiger partial charge in [-0.25, -0.2) is 38.4 Å². The summed E-state index contributed by atoms with van der Waals surface area (Å²) in [5, 5.41) is 0. The van der Waals surface area contributed by atoms with Crippen LogP contribution >= 0.6 is 35.3 Å². The minimum atomic E-state index is -3.18. The van der Waals surface area contributed by atoms with E-state index in [0.29, 0.717) is 56.3 Å². The van der Waals surface area contributed by atoms with Crippen molar-refractivity contribution in [2.75, 3.05) is 64.1 Å². The minimum absolute atomic E-state index is 0. The van der Waals surface area contributed by atoms with E-state index >= 15 is 0 Å². The van der Waals surface area contributed by atoms with Gasteiger partial charge in [0.1, 0.15) is 5.78 Å². The molecule has 10 nitrogen and oxygen atoms in total. The van der Waals surface area contributed by atoms with Crippen LogP contribution in [0.15, 0.2) is 0 Å². The summed E-state index contributed by atoms with van der Waals surface area (Å²) in [6.07, 6.45) is 4.52. The molecule has 0 atom stereocenters. The number of carbonyl (C=O) groups is 1. The zero-order chi connectivity index (χ0) is 81.7. The lowest BCUT2D eigenvalue weighted by atomic mass is 9.85. The lowest BCUT2D eigenvalue weighted by molar-refractivity contribution is -0.121. The van der Waals surface area contributed by atoms with Crippen molar-refractivity contribution in [3.8, 4) is 0 Å². The van der Waals surface area contributed by atoms with Crippen LogP contribution in [0.4, 0.5) is 0 Å². The molecule has 0 spiro atoms. The number of hydrogen-bond acceptors (Lipinski definition) is 12. The number of rotatable bonds is 17. The molecule has 0 aliphatic heterocycles. The molecule has 0 unspecified atom stereocenters. The first-order chi connectivity index (χ1) is 41.5. The highest BCUT2D eigenvalue weighted by Crippen LogP contribution is 2.32. The third-order valence-corrected chi connectivity index (χ3v) is 27.3. The Hall–Kier alpha value is 0.480. The third-order valence-electron chi connectivity index (χ3n) is 11.7. The third kappa shape index (κ3) is 134. The molecule has 0 heterocycles. The van der Waals surface area contributed by atoms with Crippen LogP contribution in [-0.2, 0) is 44.3 Å². The average Bonchev–Trinajstić information content (AvgIpc) is 0.836. The van der Waals surface area contributed by atoms with Crippen molar-refractivity contribution in [1.29, 1.82) is 0 Å². The van der Waals surface area contributed by atoms with Crippen molar-refractivity contribution in [3.05, 3.63) is 0 Å². The molecule has 0 aromatic heterocycles. The first-order valence-electron chi connectivity index (χ1n) is 36.4. The first-order valence-corrected chi connectivity index (χ1v) is 46.5. The molecule has 0 bridgehead atoms. The van der Waals surface area contributed by atoms with Crippen LogP contribution in [0.3, 0.4) is 0 Å². The number of Topliss-reactive ketones (excluding diaryl/α,β-unsaturated/α-hetero) is 1. The molecule has 106 heavy (non-hydrogen) atoms. The van der Waals surface area contributed by atoms with Crippen LogP contribution in [0.2, 0.25) is 0 Å². The quantitative estimate of drug-likeness (QED) is 0.137. The van der Waals surface area contributed by atoms with Crippen molar-refractivity contribution < 1.29 is 38.5 Å². The fourth-order valence-corrected chi connectivity index (χ4v) is 18.4. The Bertz CT molecular complexity index is 2500. The Labute approximate surface area is 691 Å². The van der Waals surface area contributed by atoms with Crippen LogP contribution in [0.1, 0.15) is 424 Å². The van der Waals surface area contributed by atoms with Crippen molar-refractivity contribution in [2.45, 2.75) is 438 Å². The number of hydrogen-bond donors (Lipinski definition) is 1. The summed E-state index contributed by atoms with van der Waals surface area (Å²) in [7, 11) is -11.9. The molecule has 666 valence electrons. The summed E-state index contributed by atoms with van der Waals surface area (Å²) < 4.78 is 94.9. The number of carbonyl (C=O) groups excluding carboxylic acids is 1. The molecule has 0 fully saturated rings. The summed E-state index contributed by atoms with van der Waals surface area (Å²) in [5.74, 6) is 8.18. The van der Waals surface area contributed by atoms with E-state index in [-0.39, 0.29) is 126 Å². The van der Waals surface area contributed by atoms with Gasteiger partial charge in [-0.3, -0.25) is 4.79 Å². The van der Waals surface area contributed by atoms with E-state index in [4.69, 9.17) is 0 Å². The normalized spacial score (nSPS) is 13.0. The molecule has 0 aromatic carbocycles. The van der Waals surface area contributed by atoms with Crippen LogP contribution in [-0.4, -0.2) is 118 Å². The van der Waals surface area contributed by atoms with Crippen molar-refractivity contribution >= 4 is 80.6 Å². The second-order valence-corrected chi connectivity index (χ2v) is 59.8. The van der Waals surface area contributed by atoms with Gasteiger partial charge in [-0.15, -0.1) is 0 Å². The highest BCUT2D eigenvalue weighted by Gasteiger charge is 2.34. The maximum absolute atomic E-state index is 11.7. The van der Waals surface area contributed by atoms with E-state index in [1.165, 1.54) is 35.2 Å². The summed E-state index contributed by atoms with van der Waals surface area (Å²) in [5.41, 5.74) is 2.40. The Balaban J connectivity index is -0.0000000618. The maximum atomic E-state index is 11.7. The van der Waals surface area contributed by atoms with Crippen LogP contribution in [0, 0.1) is 70.4 Å². The van der Waals surface area contributed by atoms with E-state index < -0.39 is 49.0 Å². The fourth-order valence-electron chi connectivity index (χ4n) is 6.93. The molecule has 0 aliphatic carbocycles. The molecule has 0 saturated heterocycles. The van der Waals surface area contributed by atoms with Gasteiger partial charge in [-0.2, -0.15) is 35.3 Å². The smallest absolute Gasteiger partial charge is 0.216 e. The van der Waals surface area contributed by atoms with Gasteiger partial charge in [0.2, 0.25) is 10.0 Å². The van der Waals surface area contributed by atoms with Gasteiger partial charge in [0, 0.05) is 24.1 Å². The fraction of sp³-hybridized carbons (Fsp3) is 0.989. The van der Waals surface area contributed by atoms with E-state index in [2.05, 4.69) is 215 Å². The first kappa shape index (κ1) is 145. The number of ketones is 1. The number of sulfone groups is 3. The average molecular weight is 1660 g/mol. The molecule has 1 N–H and O–H groups in total. The molecule has 0 aliphatic rings. The molecular weight excluding hydrogens is 1450 g/mol. The number of nitrogens with one attached hydrogen (secondary N) is 1. The lowest BCUT2D eigenvalue weighted by Crippen LogP contribution is -2.42. The minimum Gasteiger partial charge on any atom is -0.300 e. The molecule has 0 radical (unpaired) electrons. The van der Waals surface area contributed by atoms with Crippen LogP contribution < -0.4 is 4.72 Å². The molecule has 0 saturated carbocycles. The van der Waals surface area contributed by atoms with E-state index in [1.54, 1.807) is 41.5 Å². The zero-order valence-electron chi connectivity index (χ0n) is 74.8. The Morgan fingerprint density at radius 3 is 0.755 bits per heavy atom. The summed E-state index contributed by atoms with van der Waals surface area (Å²) in [6, 6.07) is 0. The number of thioether (sulfide) groups is 3. The highest BCUT2D eigenvalue weighted by atomic mass is 32.2. The Morgan fingerprint density at radius 1 is 0.283 bits per heavy atom. The van der Waals surface area contributed by atoms with Gasteiger partial charge in [0.15, 0.2) is 29.5 Å². The topological polar surface area (TPSA) is 166 Å². The molecule has 0 amide bonds. The molecule has 17 heteroatoms. The zero-order valence-corrected chi connectivity index (χ0v) is 80.6. The van der Waals surface area contributed by atoms with Crippen molar-refractivity contribution in [1.82, 2.24) is 4.72 Å². The van der Waals surface area contributed by atoms with E-state index in [1.807, 2.05) is 116 Å². The van der Waals surface area contributed by atoms with Crippen LogP contribution in [0.5, 0.6) is 0 Å². The Morgan fingerprint density at radius 2 is 0.557 bits per heavy atom. The SMILES string of the molecule is C.C.C.C.C.C.C.C.CC(C)(C)CCC(=O)CC(C)(C)C.CC(C)(C)CCS(=O)(=O)CC(C)(C)C.CC(C)(C)CCSCC(C)(C)C.CC(C)(C)CNS(=O)(=O)C(C)(C)C.CC(C)(C)CS(=O)(=O)C(C)(C)C.CC(C)(C)CS(=O)(=O)CC(C)(C)C.CC(C)(C)CSC(C)(C)C.CC(C)(C)CSCC(C)(C)C. The summed E-state index contributed by atoms with van der Waals surface area (Å²) in [6.45, 7) is 101. The van der Waals surface area contributed by atoms with E-state index in [0.717, 1.165) is 19.3 Å². The van der Waals surface area contributed by atoms with Crippen molar-refractivity contribution in [3.63, 3.8) is 0 Å². The number of sulfonamides is 1. The Kier molecular flexibility index (Phi) is 76.4. The predicted molar refractivity (Wildman–Crippen MR) is 509 cm³/mol. The van der Waals surface area contributed by atoms with E-state index in [9.17, 15) is 38.5 Å².